The molecular formula is C19H20F2N4O2. The van der Waals surface area contributed by atoms with Crippen LogP contribution in [0, 0.1) is 17.6 Å². The number of anilines is 1. The molecular weight excluding hydrogens is 354 g/mol. The Balaban J connectivity index is 1.55. The van der Waals surface area contributed by atoms with Crippen molar-refractivity contribution < 1.29 is 18.4 Å². The standard InChI is InChI=1S/C19H20F2N4O2/c1-12(26)25-4-2-13(3-5-25)6-19(27)24-18-11-22-17(10-23-18)14-7-15(20)9-16(21)8-14/h7-11,13H,2-6H2,1H3,(H,23,24,27). The number of benzene rings is 1. The fourth-order valence-electron chi connectivity index (χ4n) is 3.15. The van der Waals surface area contributed by atoms with Gasteiger partial charge in [0.2, 0.25) is 11.8 Å². The summed E-state index contributed by atoms with van der Waals surface area (Å²) in [4.78, 5) is 33.5. The number of nitrogens with zero attached hydrogens (tertiary/aromatic N) is 3. The number of amides is 2. The Labute approximate surface area is 155 Å². The highest BCUT2D eigenvalue weighted by molar-refractivity contribution is 5.89. The number of hydrogen-bond acceptors (Lipinski definition) is 4. The van der Waals surface area contributed by atoms with Crippen molar-refractivity contribution in [3.8, 4) is 11.3 Å². The maximum absolute atomic E-state index is 13.3. The number of aromatic nitrogens is 2. The number of piperidine rings is 1. The van der Waals surface area contributed by atoms with E-state index in [1.807, 2.05) is 0 Å². The van der Waals surface area contributed by atoms with Crippen molar-refractivity contribution in [3.05, 3.63) is 42.2 Å². The van der Waals surface area contributed by atoms with Gasteiger partial charge in [0, 0.05) is 38.1 Å². The summed E-state index contributed by atoms with van der Waals surface area (Å²) < 4.78 is 26.6. The van der Waals surface area contributed by atoms with E-state index in [-0.39, 0.29) is 29.1 Å². The normalized spacial score (nSPS) is 14.9. The molecule has 8 heteroatoms. The first-order valence-corrected chi connectivity index (χ1v) is 8.74. The predicted molar refractivity (Wildman–Crippen MR) is 95.6 cm³/mol. The third kappa shape index (κ3) is 5.06. The fourth-order valence-corrected chi connectivity index (χ4v) is 3.15. The number of halogens is 2. The number of carbonyl (C=O) groups is 2. The van der Waals surface area contributed by atoms with E-state index >= 15 is 0 Å². The number of carbonyl (C=O) groups excluding carboxylic acids is 2. The summed E-state index contributed by atoms with van der Waals surface area (Å²) in [5.41, 5.74) is 0.582. The SMILES string of the molecule is CC(=O)N1CCC(CC(=O)Nc2cnc(-c3cc(F)cc(F)c3)cn2)CC1. The molecule has 2 aromatic rings. The van der Waals surface area contributed by atoms with Crippen molar-refractivity contribution in [2.24, 2.45) is 5.92 Å². The van der Waals surface area contributed by atoms with E-state index < -0.39 is 11.6 Å². The smallest absolute Gasteiger partial charge is 0.225 e. The van der Waals surface area contributed by atoms with Crippen LogP contribution in [0.3, 0.4) is 0 Å². The first-order chi connectivity index (χ1) is 12.9. The lowest BCUT2D eigenvalue weighted by atomic mass is 9.93. The van der Waals surface area contributed by atoms with Crippen LogP contribution < -0.4 is 5.32 Å². The van der Waals surface area contributed by atoms with E-state index in [4.69, 9.17) is 0 Å². The lowest BCUT2D eigenvalue weighted by molar-refractivity contribution is -0.130. The summed E-state index contributed by atoms with van der Waals surface area (Å²) in [6, 6.07) is 3.12. The highest BCUT2D eigenvalue weighted by Crippen LogP contribution is 2.22. The zero-order valence-corrected chi connectivity index (χ0v) is 14.9. The van der Waals surface area contributed by atoms with Crippen molar-refractivity contribution in [2.45, 2.75) is 26.2 Å². The van der Waals surface area contributed by atoms with Gasteiger partial charge in [0.1, 0.15) is 11.6 Å². The van der Waals surface area contributed by atoms with Crippen LogP contribution in [0.25, 0.3) is 11.3 Å². The summed E-state index contributed by atoms with van der Waals surface area (Å²) in [5, 5.41) is 2.68. The molecule has 3 rings (SSSR count). The zero-order chi connectivity index (χ0) is 19.4. The quantitative estimate of drug-likeness (QED) is 0.893. The number of likely N-dealkylation sites (tertiary alicyclic amines) is 1. The molecule has 6 nitrogen and oxygen atoms in total. The minimum Gasteiger partial charge on any atom is -0.343 e. The maximum Gasteiger partial charge on any atom is 0.225 e. The maximum atomic E-state index is 13.3. The molecule has 0 saturated carbocycles. The van der Waals surface area contributed by atoms with Gasteiger partial charge in [0.25, 0.3) is 0 Å². The van der Waals surface area contributed by atoms with Gasteiger partial charge in [-0.1, -0.05) is 0 Å². The van der Waals surface area contributed by atoms with Gasteiger partial charge in [-0.05, 0) is 30.9 Å². The molecule has 1 saturated heterocycles. The molecule has 27 heavy (non-hydrogen) atoms. The van der Waals surface area contributed by atoms with Crippen molar-refractivity contribution >= 4 is 17.6 Å². The summed E-state index contributed by atoms with van der Waals surface area (Å²) in [7, 11) is 0. The summed E-state index contributed by atoms with van der Waals surface area (Å²) in [6.45, 7) is 2.89. The van der Waals surface area contributed by atoms with Crippen LogP contribution in [-0.4, -0.2) is 39.8 Å². The van der Waals surface area contributed by atoms with Crippen LogP contribution in [0.15, 0.2) is 30.6 Å². The van der Waals surface area contributed by atoms with Gasteiger partial charge in [0.15, 0.2) is 5.82 Å². The van der Waals surface area contributed by atoms with Gasteiger partial charge in [0.05, 0.1) is 18.1 Å². The summed E-state index contributed by atoms with van der Waals surface area (Å²) >= 11 is 0. The molecule has 0 spiro atoms. The van der Waals surface area contributed by atoms with Gasteiger partial charge in [-0.2, -0.15) is 0 Å². The van der Waals surface area contributed by atoms with Crippen LogP contribution in [-0.2, 0) is 9.59 Å². The van der Waals surface area contributed by atoms with Gasteiger partial charge in [-0.25, -0.2) is 13.8 Å². The van der Waals surface area contributed by atoms with Crippen molar-refractivity contribution in [3.63, 3.8) is 0 Å². The molecule has 0 radical (unpaired) electrons. The Kier molecular flexibility index (Phi) is 5.73. The van der Waals surface area contributed by atoms with Crippen molar-refractivity contribution in [1.82, 2.24) is 14.9 Å². The molecule has 0 unspecified atom stereocenters. The Hall–Kier alpha value is -2.90. The largest absolute Gasteiger partial charge is 0.343 e. The minimum atomic E-state index is -0.694. The second kappa shape index (κ2) is 8.20. The predicted octanol–water partition coefficient (Wildman–Crippen LogP) is 3.01. The highest BCUT2D eigenvalue weighted by Gasteiger charge is 2.22. The second-order valence-corrected chi connectivity index (χ2v) is 6.65. The van der Waals surface area contributed by atoms with Crippen LogP contribution in [0.5, 0.6) is 0 Å². The molecule has 142 valence electrons. The molecule has 2 amide bonds. The van der Waals surface area contributed by atoms with E-state index in [1.165, 1.54) is 24.5 Å². The van der Waals surface area contributed by atoms with Gasteiger partial charge >= 0.3 is 0 Å². The fraction of sp³-hybridized carbons (Fsp3) is 0.368. The Morgan fingerprint density at radius 1 is 1.11 bits per heavy atom. The van der Waals surface area contributed by atoms with Crippen LogP contribution in [0.4, 0.5) is 14.6 Å². The van der Waals surface area contributed by atoms with Gasteiger partial charge < -0.3 is 10.2 Å². The molecule has 1 aromatic heterocycles. The molecule has 0 bridgehead atoms. The molecule has 1 aliphatic rings. The Bertz CT molecular complexity index is 814. The van der Waals surface area contributed by atoms with Gasteiger partial charge in [-0.3, -0.25) is 14.6 Å². The number of rotatable bonds is 4. The average molecular weight is 374 g/mol. The summed E-state index contributed by atoms with van der Waals surface area (Å²) in [5.74, 6) is -0.994. The summed E-state index contributed by atoms with van der Waals surface area (Å²) in [6.07, 6.45) is 4.65. The first kappa shape index (κ1) is 18.9. The van der Waals surface area contributed by atoms with Crippen LogP contribution >= 0.6 is 0 Å². The average Bonchev–Trinajstić information content (AvgIpc) is 2.62. The monoisotopic (exact) mass is 374 g/mol. The minimum absolute atomic E-state index is 0.0615. The van der Waals surface area contributed by atoms with E-state index in [9.17, 15) is 18.4 Å². The molecule has 0 aliphatic carbocycles. The number of hydrogen-bond donors (Lipinski definition) is 1. The molecule has 1 N–H and O–H groups in total. The van der Waals surface area contributed by atoms with Crippen LogP contribution in [0.2, 0.25) is 0 Å². The van der Waals surface area contributed by atoms with E-state index in [0.29, 0.717) is 25.2 Å². The molecule has 1 aromatic carbocycles. The van der Waals surface area contributed by atoms with E-state index in [1.54, 1.807) is 11.8 Å². The van der Waals surface area contributed by atoms with Crippen molar-refractivity contribution in [2.75, 3.05) is 18.4 Å². The zero-order valence-electron chi connectivity index (χ0n) is 14.9. The molecule has 1 aliphatic heterocycles. The second-order valence-electron chi connectivity index (χ2n) is 6.65. The first-order valence-electron chi connectivity index (χ1n) is 8.74. The molecule has 2 heterocycles. The van der Waals surface area contributed by atoms with E-state index in [0.717, 1.165) is 18.9 Å². The van der Waals surface area contributed by atoms with Gasteiger partial charge in [-0.15, -0.1) is 0 Å². The lowest BCUT2D eigenvalue weighted by Crippen LogP contribution is -2.37. The molecule has 0 atom stereocenters. The van der Waals surface area contributed by atoms with Crippen LogP contribution in [0.1, 0.15) is 26.2 Å². The third-order valence-electron chi connectivity index (χ3n) is 4.61. The highest BCUT2D eigenvalue weighted by atomic mass is 19.1. The number of nitrogens with one attached hydrogen (secondary N) is 1. The Morgan fingerprint density at radius 3 is 2.33 bits per heavy atom. The topological polar surface area (TPSA) is 75.2 Å². The Morgan fingerprint density at radius 2 is 1.78 bits per heavy atom. The van der Waals surface area contributed by atoms with E-state index in [2.05, 4.69) is 15.3 Å². The lowest BCUT2D eigenvalue weighted by Gasteiger charge is -2.30. The third-order valence-corrected chi connectivity index (χ3v) is 4.61. The van der Waals surface area contributed by atoms with Crippen molar-refractivity contribution in [1.29, 1.82) is 0 Å². The molecule has 1 fully saturated rings.